The Bertz CT molecular complexity index is 873. The SMILES string of the molecule is CCCNC(=O)[C@@H](CC)N(Cc1cccc(C)c1)C(=O)CSCc1c(F)cccc1Cl. The third kappa shape index (κ3) is 7.54. The zero-order chi connectivity index (χ0) is 22.8. The molecule has 0 fully saturated rings. The smallest absolute Gasteiger partial charge is 0.242 e. The molecule has 0 aromatic heterocycles. The minimum atomic E-state index is -0.558. The van der Waals surface area contributed by atoms with E-state index in [1.165, 1.54) is 17.8 Å². The average molecular weight is 465 g/mol. The fraction of sp³-hybridized carbons (Fsp3) is 0.417. The number of thioether (sulfide) groups is 1. The summed E-state index contributed by atoms with van der Waals surface area (Å²) in [6, 6.07) is 11.9. The Labute approximate surface area is 193 Å². The molecule has 0 radical (unpaired) electrons. The number of amides is 2. The van der Waals surface area contributed by atoms with Crippen LogP contribution in [0.1, 0.15) is 43.4 Å². The number of hydrogen-bond donors (Lipinski definition) is 1. The van der Waals surface area contributed by atoms with Crippen molar-refractivity contribution in [2.45, 2.75) is 52.0 Å². The predicted octanol–water partition coefficient (Wildman–Crippen LogP) is 5.35. The number of nitrogens with one attached hydrogen (secondary N) is 1. The van der Waals surface area contributed by atoms with E-state index in [-0.39, 0.29) is 29.1 Å². The van der Waals surface area contributed by atoms with Crippen molar-refractivity contribution >= 4 is 35.2 Å². The van der Waals surface area contributed by atoms with Crippen molar-refractivity contribution in [3.63, 3.8) is 0 Å². The van der Waals surface area contributed by atoms with Crippen molar-refractivity contribution < 1.29 is 14.0 Å². The number of carbonyl (C=O) groups is 2. The van der Waals surface area contributed by atoms with Crippen molar-refractivity contribution in [3.05, 3.63) is 70.0 Å². The van der Waals surface area contributed by atoms with Gasteiger partial charge in [0, 0.05) is 29.4 Å². The molecule has 2 aromatic carbocycles. The van der Waals surface area contributed by atoms with Crippen molar-refractivity contribution in [2.75, 3.05) is 12.3 Å². The van der Waals surface area contributed by atoms with Crippen molar-refractivity contribution in [1.29, 1.82) is 0 Å². The molecule has 31 heavy (non-hydrogen) atoms. The van der Waals surface area contributed by atoms with E-state index in [1.807, 2.05) is 45.0 Å². The number of aryl methyl sites for hydroxylation is 1. The maximum atomic E-state index is 14.0. The van der Waals surface area contributed by atoms with Crippen LogP contribution in [0.15, 0.2) is 42.5 Å². The molecular formula is C24H30ClFN2O2S. The quantitative estimate of drug-likeness (QED) is 0.487. The lowest BCUT2D eigenvalue weighted by Gasteiger charge is -2.30. The van der Waals surface area contributed by atoms with Gasteiger partial charge in [-0.05, 0) is 37.5 Å². The maximum absolute atomic E-state index is 14.0. The summed E-state index contributed by atoms with van der Waals surface area (Å²) >= 11 is 7.39. The van der Waals surface area contributed by atoms with Crippen LogP contribution in [-0.2, 0) is 21.9 Å². The van der Waals surface area contributed by atoms with E-state index in [9.17, 15) is 14.0 Å². The first-order valence-corrected chi connectivity index (χ1v) is 12.0. The van der Waals surface area contributed by atoms with Gasteiger partial charge >= 0.3 is 0 Å². The van der Waals surface area contributed by atoms with Crippen LogP contribution in [0.25, 0.3) is 0 Å². The van der Waals surface area contributed by atoms with Crippen molar-refractivity contribution in [2.24, 2.45) is 0 Å². The van der Waals surface area contributed by atoms with Gasteiger partial charge in [0.15, 0.2) is 0 Å². The highest BCUT2D eigenvalue weighted by atomic mass is 35.5. The minimum Gasteiger partial charge on any atom is -0.354 e. The van der Waals surface area contributed by atoms with E-state index in [4.69, 9.17) is 11.6 Å². The van der Waals surface area contributed by atoms with Gasteiger partial charge in [0.1, 0.15) is 11.9 Å². The van der Waals surface area contributed by atoms with E-state index in [0.717, 1.165) is 17.5 Å². The first kappa shape index (κ1) is 25.2. The molecule has 0 aliphatic heterocycles. The molecule has 0 unspecified atom stereocenters. The number of carbonyl (C=O) groups excluding carboxylic acids is 2. The van der Waals surface area contributed by atoms with Gasteiger partial charge in [-0.25, -0.2) is 4.39 Å². The highest BCUT2D eigenvalue weighted by Crippen LogP contribution is 2.24. The highest BCUT2D eigenvalue weighted by molar-refractivity contribution is 7.99. The van der Waals surface area contributed by atoms with Crippen LogP contribution in [0.3, 0.4) is 0 Å². The number of hydrogen-bond acceptors (Lipinski definition) is 3. The second-order valence-electron chi connectivity index (χ2n) is 7.42. The topological polar surface area (TPSA) is 49.4 Å². The van der Waals surface area contributed by atoms with E-state index in [1.54, 1.807) is 17.0 Å². The van der Waals surface area contributed by atoms with Crippen LogP contribution < -0.4 is 5.32 Å². The summed E-state index contributed by atoms with van der Waals surface area (Å²) in [5.74, 6) is -0.262. The number of halogens is 2. The largest absolute Gasteiger partial charge is 0.354 e. The summed E-state index contributed by atoms with van der Waals surface area (Å²) in [5.41, 5.74) is 2.45. The molecule has 2 rings (SSSR count). The lowest BCUT2D eigenvalue weighted by atomic mass is 10.1. The summed E-state index contributed by atoms with van der Waals surface area (Å²) in [6.45, 7) is 6.80. The number of rotatable bonds is 11. The van der Waals surface area contributed by atoms with Gasteiger partial charge < -0.3 is 10.2 Å². The standard InChI is InChI=1S/C24H30ClFN2O2S/c1-4-12-27-24(30)22(5-2)28(14-18-9-6-8-17(3)13-18)23(29)16-31-15-19-20(25)10-7-11-21(19)26/h6-11,13,22H,4-5,12,14-16H2,1-3H3,(H,27,30)/t22-/m1/s1. The molecule has 1 atom stereocenters. The third-order valence-electron chi connectivity index (χ3n) is 4.90. The second-order valence-corrected chi connectivity index (χ2v) is 8.81. The van der Waals surface area contributed by atoms with Crippen LogP contribution in [0.4, 0.5) is 4.39 Å². The third-order valence-corrected chi connectivity index (χ3v) is 6.20. The number of nitrogens with zero attached hydrogens (tertiary/aromatic N) is 1. The van der Waals surface area contributed by atoms with E-state index >= 15 is 0 Å². The summed E-state index contributed by atoms with van der Waals surface area (Å²) < 4.78 is 14.0. The van der Waals surface area contributed by atoms with Gasteiger partial charge in [-0.1, -0.05) is 61.3 Å². The Morgan fingerprint density at radius 2 is 1.94 bits per heavy atom. The van der Waals surface area contributed by atoms with E-state index in [0.29, 0.717) is 30.1 Å². The molecule has 168 valence electrons. The summed E-state index contributed by atoms with van der Waals surface area (Å²) in [5, 5.41) is 3.26. The van der Waals surface area contributed by atoms with Gasteiger partial charge in [-0.2, -0.15) is 0 Å². The molecule has 1 N–H and O–H groups in total. The van der Waals surface area contributed by atoms with E-state index < -0.39 is 6.04 Å². The first-order valence-electron chi connectivity index (χ1n) is 10.5. The Morgan fingerprint density at radius 1 is 1.19 bits per heavy atom. The zero-order valence-electron chi connectivity index (χ0n) is 18.3. The molecule has 0 heterocycles. The summed E-state index contributed by atoms with van der Waals surface area (Å²) in [6.07, 6.45) is 1.34. The average Bonchev–Trinajstić information content (AvgIpc) is 2.74. The molecule has 0 saturated carbocycles. The Balaban J connectivity index is 2.15. The Hall–Kier alpha value is -2.05. The zero-order valence-corrected chi connectivity index (χ0v) is 19.9. The molecule has 0 spiro atoms. The Morgan fingerprint density at radius 3 is 2.58 bits per heavy atom. The number of benzene rings is 2. The van der Waals surface area contributed by atoms with Crippen LogP contribution in [0.2, 0.25) is 5.02 Å². The van der Waals surface area contributed by atoms with E-state index in [2.05, 4.69) is 5.32 Å². The van der Waals surface area contributed by atoms with Crippen LogP contribution >= 0.6 is 23.4 Å². The van der Waals surface area contributed by atoms with Crippen LogP contribution in [0.5, 0.6) is 0 Å². The van der Waals surface area contributed by atoms with Gasteiger partial charge in [0.05, 0.1) is 5.75 Å². The molecule has 0 saturated heterocycles. The minimum absolute atomic E-state index is 0.133. The molecule has 0 aliphatic carbocycles. The predicted molar refractivity (Wildman–Crippen MR) is 127 cm³/mol. The van der Waals surface area contributed by atoms with Gasteiger partial charge in [-0.15, -0.1) is 11.8 Å². The maximum Gasteiger partial charge on any atom is 0.242 e. The molecule has 7 heteroatoms. The van der Waals surface area contributed by atoms with Crippen molar-refractivity contribution in [3.8, 4) is 0 Å². The summed E-state index contributed by atoms with van der Waals surface area (Å²) in [7, 11) is 0. The molecule has 2 aromatic rings. The second kappa shape index (κ2) is 12.7. The van der Waals surface area contributed by atoms with Crippen LogP contribution in [0, 0.1) is 12.7 Å². The monoisotopic (exact) mass is 464 g/mol. The molecular weight excluding hydrogens is 435 g/mol. The lowest BCUT2D eigenvalue weighted by molar-refractivity contribution is -0.139. The fourth-order valence-electron chi connectivity index (χ4n) is 3.29. The molecule has 0 aliphatic rings. The van der Waals surface area contributed by atoms with Crippen molar-refractivity contribution in [1.82, 2.24) is 10.2 Å². The molecule has 0 bridgehead atoms. The first-order chi connectivity index (χ1) is 14.9. The summed E-state index contributed by atoms with van der Waals surface area (Å²) in [4.78, 5) is 27.5. The van der Waals surface area contributed by atoms with Gasteiger partial charge in [-0.3, -0.25) is 9.59 Å². The lowest BCUT2D eigenvalue weighted by Crippen LogP contribution is -2.49. The fourth-order valence-corrected chi connectivity index (χ4v) is 4.54. The normalized spacial score (nSPS) is 11.8. The highest BCUT2D eigenvalue weighted by Gasteiger charge is 2.28. The molecule has 2 amide bonds. The Kier molecular flexibility index (Phi) is 10.3. The van der Waals surface area contributed by atoms with Crippen LogP contribution in [-0.4, -0.2) is 35.1 Å². The molecule has 4 nitrogen and oxygen atoms in total. The van der Waals surface area contributed by atoms with Gasteiger partial charge in [0.25, 0.3) is 0 Å². The van der Waals surface area contributed by atoms with Gasteiger partial charge in [0.2, 0.25) is 11.8 Å².